The summed E-state index contributed by atoms with van der Waals surface area (Å²) in [6.07, 6.45) is 3.56. The standard InChI is InChI=1S/C25H19N5/c1-17-10-12-18(13-11-17)24-21-7-3-5-9-23(21)28-25(29-24)30-27-16-19-14-15-26-22-8-4-2-6-20(19)22/h2-16H,1H3,(H,28,29,30)/b27-16+. The molecule has 5 aromatic rings. The van der Waals surface area contributed by atoms with Gasteiger partial charge in [-0.2, -0.15) is 5.10 Å². The summed E-state index contributed by atoms with van der Waals surface area (Å²) in [6.45, 7) is 2.08. The predicted octanol–water partition coefficient (Wildman–Crippen LogP) is 5.60. The van der Waals surface area contributed by atoms with Crippen LogP contribution in [0.3, 0.4) is 0 Å². The summed E-state index contributed by atoms with van der Waals surface area (Å²) in [5.41, 5.74) is 8.93. The van der Waals surface area contributed by atoms with E-state index in [1.165, 1.54) is 5.56 Å². The quantitative estimate of drug-likeness (QED) is 0.321. The first-order valence-corrected chi connectivity index (χ1v) is 9.74. The summed E-state index contributed by atoms with van der Waals surface area (Å²) in [7, 11) is 0. The van der Waals surface area contributed by atoms with Crippen LogP contribution in [0.15, 0.2) is 90.2 Å². The first kappa shape index (κ1) is 17.9. The average molecular weight is 389 g/mol. The van der Waals surface area contributed by atoms with Crippen molar-refractivity contribution in [3.8, 4) is 11.3 Å². The molecule has 0 aliphatic rings. The van der Waals surface area contributed by atoms with Crippen molar-refractivity contribution >= 4 is 34.0 Å². The zero-order chi connectivity index (χ0) is 20.3. The summed E-state index contributed by atoms with van der Waals surface area (Å²) in [5.74, 6) is 0.457. The lowest BCUT2D eigenvalue weighted by Crippen LogP contribution is -2.00. The highest BCUT2D eigenvalue weighted by Crippen LogP contribution is 2.27. The SMILES string of the molecule is Cc1ccc(-c2nc(N/N=C/c3ccnc4ccccc34)nc3ccccc23)cc1. The number of aryl methyl sites for hydroxylation is 1. The third kappa shape index (κ3) is 3.49. The summed E-state index contributed by atoms with van der Waals surface area (Å²) in [5, 5.41) is 6.45. The zero-order valence-electron chi connectivity index (χ0n) is 16.4. The Labute approximate surface area is 174 Å². The van der Waals surface area contributed by atoms with E-state index in [1.807, 2.05) is 54.6 Å². The second-order valence-corrected chi connectivity index (χ2v) is 7.07. The third-order valence-corrected chi connectivity index (χ3v) is 4.98. The molecule has 0 bridgehead atoms. The van der Waals surface area contributed by atoms with Crippen molar-refractivity contribution in [2.24, 2.45) is 5.10 Å². The minimum Gasteiger partial charge on any atom is -0.256 e. The maximum absolute atomic E-state index is 4.75. The van der Waals surface area contributed by atoms with Gasteiger partial charge in [-0.05, 0) is 25.1 Å². The second-order valence-electron chi connectivity index (χ2n) is 7.07. The average Bonchev–Trinajstić information content (AvgIpc) is 2.79. The van der Waals surface area contributed by atoms with E-state index >= 15 is 0 Å². The van der Waals surface area contributed by atoms with Gasteiger partial charge in [0.05, 0.1) is 22.9 Å². The molecule has 30 heavy (non-hydrogen) atoms. The number of anilines is 1. The van der Waals surface area contributed by atoms with Crippen LogP contribution < -0.4 is 5.43 Å². The van der Waals surface area contributed by atoms with Crippen molar-refractivity contribution in [1.29, 1.82) is 0 Å². The summed E-state index contributed by atoms with van der Waals surface area (Å²) in [4.78, 5) is 13.8. The van der Waals surface area contributed by atoms with Gasteiger partial charge in [0, 0.05) is 28.1 Å². The van der Waals surface area contributed by atoms with Crippen molar-refractivity contribution < 1.29 is 0 Å². The number of para-hydroxylation sites is 2. The molecule has 0 atom stereocenters. The minimum absolute atomic E-state index is 0.457. The number of nitrogens with one attached hydrogen (secondary N) is 1. The Kier molecular flexibility index (Phi) is 4.62. The fourth-order valence-corrected chi connectivity index (χ4v) is 3.45. The summed E-state index contributed by atoms with van der Waals surface area (Å²) in [6, 6.07) is 26.3. The Balaban J connectivity index is 1.51. The van der Waals surface area contributed by atoms with E-state index in [4.69, 9.17) is 4.98 Å². The number of rotatable bonds is 4. The fraction of sp³-hybridized carbons (Fsp3) is 0.0400. The summed E-state index contributed by atoms with van der Waals surface area (Å²) < 4.78 is 0. The van der Waals surface area contributed by atoms with E-state index < -0.39 is 0 Å². The molecule has 0 saturated carbocycles. The third-order valence-electron chi connectivity index (χ3n) is 4.98. The van der Waals surface area contributed by atoms with Crippen LogP contribution in [0.25, 0.3) is 33.1 Å². The van der Waals surface area contributed by atoms with Crippen LogP contribution in [0.2, 0.25) is 0 Å². The van der Waals surface area contributed by atoms with Gasteiger partial charge in [0.25, 0.3) is 0 Å². The molecule has 0 unspecified atom stereocenters. The number of hydrogen-bond acceptors (Lipinski definition) is 5. The van der Waals surface area contributed by atoms with Crippen molar-refractivity contribution in [2.45, 2.75) is 6.92 Å². The van der Waals surface area contributed by atoms with Gasteiger partial charge in [0.15, 0.2) is 0 Å². The van der Waals surface area contributed by atoms with Gasteiger partial charge < -0.3 is 0 Å². The first-order chi connectivity index (χ1) is 14.8. The lowest BCUT2D eigenvalue weighted by atomic mass is 10.1. The number of benzene rings is 3. The Hall–Kier alpha value is -4.12. The summed E-state index contributed by atoms with van der Waals surface area (Å²) >= 11 is 0. The topological polar surface area (TPSA) is 63.1 Å². The normalized spacial score (nSPS) is 11.4. The largest absolute Gasteiger partial charge is 0.256 e. The predicted molar refractivity (Wildman–Crippen MR) is 123 cm³/mol. The van der Waals surface area contributed by atoms with Crippen molar-refractivity contribution in [1.82, 2.24) is 15.0 Å². The van der Waals surface area contributed by atoms with Gasteiger partial charge in [-0.15, -0.1) is 0 Å². The Morgan fingerprint density at radius 1 is 0.767 bits per heavy atom. The molecule has 5 heteroatoms. The number of aromatic nitrogens is 3. The minimum atomic E-state index is 0.457. The monoisotopic (exact) mass is 389 g/mol. The highest BCUT2D eigenvalue weighted by molar-refractivity contribution is 5.98. The van der Waals surface area contributed by atoms with Crippen LogP contribution in [0.5, 0.6) is 0 Å². The molecule has 2 aromatic heterocycles. The van der Waals surface area contributed by atoms with Crippen molar-refractivity contribution in [3.05, 3.63) is 96.2 Å². The lowest BCUT2D eigenvalue weighted by molar-refractivity contribution is 1.16. The molecule has 0 amide bonds. The van der Waals surface area contributed by atoms with Crippen LogP contribution in [0.4, 0.5) is 5.95 Å². The van der Waals surface area contributed by atoms with Gasteiger partial charge in [-0.3, -0.25) is 4.98 Å². The van der Waals surface area contributed by atoms with Crippen LogP contribution >= 0.6 is 0 Å². The van der Waals surface area contributed by atoms with E-state index in [1.54, 1.807) is 12.4 Å². The molecule has 144 valence electrons. The van der Waals surface area contributed by atoms with Gasteiger partial charge in [0.1, 0.15) is 0 Å². The number of hydrogen-bond donors (Lipinski definition) is 1. The maximum atomic E-state index is 4.75. The Morgan fingerprint density at radius 2 is 1.50 bits per heavy atom. The second kappa shape index (κ2) is 7.72. The molecule has 5 rings (SSSR count). The van der Waals surface area contributed by atoms with Gasteiger partial charge in [-0.25, -0.2) is 15.4 Å². The molecule has 0 spiro atoms. The van der Waals surface area contributed by atoms with Crippen LogP contribution in [-0.4, -0.2) is 21.2 Å². The smallest absolute Gasteiger partial charge is 0.244 e. The maximum Gasteiger partial charge on any atom is 0.244 e. The lowest BCUT2D eigenvalue weighted by Gasteiger charge is -2.09. The number of nitrogens with zero attached hydrogens (tertiary/aromatic N) is 4. The van der Waals surface area contributed by atoms with Crippen LogP contribution in [-0.2, 0) is 0 Å². The van der Waals surface area contributed by atoms with Gasteiger partial charge >= 0.3 is 0 Å². The molecule has 0 fully saturated rings. The van der Waals surface area contributed by atoms with E-state index in [0.717, 1.165) is 38.6 Å². The zero-order valence-corrected chi connectivity index (χ0v) is 16.4. The van der Waals surface area contributed by atoms with Crippen LogP contribution in [0, 0.1) is 6.92 Å². The van der Waals surface area contributed by atoms with E-state index in [-0.39, 0.29) is 0 Å². The van der Waals surface area contributed by atoms with Crippen molar-refractivity contribution in [2.75, 3.05) is 5.43 Å². The molecule has 3 aromatic carbocycles. The molecule has 0 aliphatic carbocycles. The Morgan fingerprint density at radius 3 is 2.33 bits per heavy atom. The van der Waals surface area contributed by atoms with E-state index in [0.29, 0.717) is 5.95 Å². The first-order valence-electron chi connectivity index (χ1n) is 9.74. The number of hydrazone groups is 1. The Bertz CT molecular complexity index is 1370. The fourth-order valence-electron chi connectivity index (χ4n) is 3.45. The molecular weight excluding hydrogens is 370 g/mol. The highest BCUT2D eigenvalue weighted by Gasteiger charge is 2.09. The molecule has 1 N–H and O–H groups in total. The molecule has 0 aliphatic heterocycles. The molecule has 5 nitrogen and oxygen atoms in total. The van der Waals surface area contributed by atoms with Gasteiger partial charge in [0.2, 0.25) is 5.95 Å². The van der Waals surface area contributed by atoms with Crippen LogP contribution in [0.1, 0.15) is 11.1 Å². The van der Waals surface area contributed by atoms with E-state index in [2.05, 4.69) is 51.7 Å². The molecular formula is C25H19N5. The number of pyridine rings is 1. The molecule has 0 radical (unpaired) electrons. The molecule has 0 saturated heterocycles. The van der Waals surface area contributed by atoms with E-state index in [9.17, 15) is 0 Å². The van der Waals surface area contributed by atoms with Gasteiger partial charge in [-0.1, -0.05) is 66.2 Å². The number of fused-ring (bicyclic) bond motifs is 2. The highest BCUT2D eigenvalue weighted by atomic mass is 15.3. The van der Waals surface area contributed by atoms with Crippen molar-refractivity contribution in [3.63, 3.8) is 0 Å². The molecule has 2 heterocycles.